The standard InChI is InChI=1S/C20H19FN2O3/c1-12-8-9-17(13(2)10-12)22-20(24)19-15(14(3)26-23-19)11-25-18-7-5-4-6-16(18)21/h4-10H,11H2,1-3H3,(H,22,24). The average molecular weight is 354 g/mol. The number of rotatable bonds is 5. The molecule has 5 nitrogen and oxygen atoms in total. The van der Waals surface area contributed by atoms with E-state index in [1.165, 1.54) is 12.1 Å². The van der Waals surface area contributed by atoms with Crippen LogP contribution in [0.25, 0.3) is 0 Å². The van der Waals surface area contributed by atoms with E-state index in [1.807, 2.05) is 32.0 Å². The maximum Gasteiger partial charge on any atom is 0.278 e. The number of aromatic nitrogens is 1. The van der Waals surface area contributed by atoms with Crippen molar-refractivity contribution in [2.45, 2.75) is 27.4 Å². The first-order valence-electron chi connectivity index (χ1n) is 8.17. The van der Waals surface area contributed by atoms with Crippen molar-refractivity contribution in [3.63, 3.8) is 0 Å². The summed E-state index contributed by atoms with van der Waals surface area (Å²) < 4.78 is 24.3. The van der Waals surface area contributed by atoms with Gasteiger partial charge in [0, 0.05) is 5.69 Å². The molecule has 1 heterocycles. The summed E-state index contributed by atoms with van der Waals surface area (Å²) in [5.74, 6) is -0.315. The SMILES string of the molecule is Cc1ccc(NC(=O)c2noc(C)c2COc2ccccc2F)c(C)c1. The summed E-state index contributed by atoms with van der Waals surface area (Å²) in [6.07, 6.45) is 0. The minimum absolute atomic E-state index is 0.0219. The van der Waals surface area contributed by atoms with Gasteiger partial charge in [0.2, 0.25) is 0 Å². The van der Waals surface area contributed by atoms with Crippen molar-refractivity contribution in [2.24, 2.45) is 0 Å². The zero-order valence-electron chi connectivity index (χ0n) is 14.8. The average Bonchev–Trinajstić information content (AvgIpc) is 2.97. The fourth-order valence-electron chi connectivity index (χ4n) is 2.59. The lowest BCUT2D eigenvalue weighted by atomic mass is 10.1. The number of amides is 1. The molecule has 0 saturated heterocycles. The number of halogens is 1. The molecule has 134 valence electrons. The number of aryl methyl sites for hydroxylation is 3. The number of para-hydroxylation sites is 1. The largest absolute Gasteiger partial charge is 0.486 e. The second kappa shape index (κ2) is 7.39. The number of hydrogen-bond acceptors (Lipinski definition) is 4. The van der Waals surface area contributed by atoms with Gasteiger partial charge in [-0.05, 0) is 44.5 Å². The number of anilines is 1. The first kappa shape index (κ1) is 17.7. The third kappa shape index (κ3) is 3.74. The van der Waals surface area contributed by atoms with E-state index >= 15 is 0 Å². The molecule has 0 unspecified atom stereocenters. The number of carbonyl (C=O) groups is 1. The summed E-state index contributed by atoms with van der Waals surface area (Å²) in [7, 11) is 0. The first-order chi connectivity index (χ1) is 12.5. The molecular formula is C20H19FN2O3. The molecule has 2 aromatic carbocycles. The van der Waals surface area contributed by atoms with Crippen molar-refractivity contribution in [1.82, 2.24) is 5.16 Å². The predicted octanol–water partition coefficient (Wildman–Crippen LogP) is 4.57. The summed E-state index contributed by atoms with van der Waals surface area (Å²) in [5, 5.41) is 6.66. The van der Waals surface area contributed by atoms with Crippen LogP contribution in [0.1, 0.15) is 32.9 Å². The summed E-state index contributed by atoms with van der Waals surface area (Å²) in [6.45, 7) is 5.56. The molecule has 0 atom stereocenters. The monoisotopic (exact) mass is 354 g/mol. The molecule has 0 bridgehead atoms. The van der Waals surface area contributed by atoms with Crippen molar-refractivity contribution in [2.75, 3.05) is 5.32 Å². The van der Waals surface area contributed by atoms with Crippen LogP contribution in [-0.2, 0) is 6.61 Å². The Morgan fingerprint density at radius 1 is 1.19 bits per heavy atom. The van der Waals surface area contributed by atoms with E-state index in [-0.39, 0.29) is 18.1 Å². The van der Waals surface area contributed by atoms with E-state index in [0.717, 1.165) is 11.1 Å². The van der Waals surface area contributed by atoms with Crippen LogP contribution in [-0.4, -0.2) is 11.1 Å². The lowest BCUT2D eigenvalue weighted by molar-refractivity contribution is 0.101. The van der Waals surface area contributed by atoms with E-state index in [9.17, 15) is 9.18 Å². The highest BCUT2D eigenvalue weighted by molar-refractivity contribution is 6.04. The van der Waals surface area contributed by atoms with Gasteiger partial charge >= 0.3 is 0 Å². The molecule has 0 fully saturated rings. The van der Waals surface area contributed by atoms with Crippen LogP contribution in [0.4, 0.5) is 10.1 Å². The quantitative estimate of drug-likeness (QED) is 0.729. The van der Waals surface area contributed by atoms with E-state index in [1.54, 1.807) is 19.1 Å². The van der Waals surface area contributed by atoms with Crippen LogP contribution in [0.2, 0.25) is 0 Å². The molecule has 0 aliphatic carbocycles. The lowest BCUT2D eigenvalue weighted by Crippen LogP contribution is -2.16. The third-order valence-corrected chi connectivity index (χ3v) is 4.04. The Bertz CT molecular complexity index is 950. The highest BCUT2D eigenvalue weighted by Gasteiger charge is 2.21. The highest BCUT2D eigenvalue weighted by atomic mass is 19.1. The molecule has 6 heteroatoms. The minimum Gasteiger partial charge on any atom is -0.486 e. The molecule has 26 heavy (non-hydrogen) atoms. The maximum atomic E-state index is 13.7. The Morgan fingerprint density at radius 2 is 1.96 bits per heavy atom. The zero-order chi connectivity index (χ0) is 18.7. The van der Waals surface area contributed by atoms with Crippen molar-refractivity contribution < 1.29 is 18.4 Å². The zero-order valence-corrected chi connectivity index (χ0v) is 14.8. The topological polar surface area (TPSA) is 64.4 Å². The molecule has 3 aromatic rings. The van der Waals surface area contributed by atoms with Gasteiger partial charge in [-0.15, -0.1) is 0 Å². The summed E-state index contributed by atoms with van der Waals surface area (Å²) in [5.41, 5.74) is 3.36. The van der Waals surface area contributed by atoms with E-state index in [4.69, 9.17) is 9.26 Å². The van der Waals surface area contributed by atoms with E-state index < -0.39 is 11.7 Å². The molecular weight excluding hydrogens is 335 g/mol. The Morgan fingerprint density at radius 3 is 2.69 bits per heavy atom. The molecule has 0 radical (unpaired) electrons. The number of hydrogen-bond donors (Lipinski definition) is 1. The number of nitrogens with one attached hydrogen (secondary N) is 1. The van der Waals surface area contributed by atoms with Crippen molar-refractivity contribution in [3.8, 4) is 5.75 Å². The smallest absolute Gasteiger partial charge is 0.278 e. The van der Waals surface area contributed by atoms with Crippen LogP contribution in [0.3, 0.4) is 0 Å². The highest BCUT2D eigenvalue weighted by Crippen LogP contribution is 2.22. The van der Waals surface area contributed by atoms with Crippen molar-refractivity contribution >= 4 is 11.6 Å². The fourth-order valence-corrected chi connectivity index (χ4v) is 2.59. The van der Waals surface area contributed by atoms with Gasteiger partial charge < -0.3 is 14.6 Å². The Balaban J connectivity index is 1.78. The van der Waals surface area contributed by atoms with Gasteiger partial charge in [0.1, 0.15) is 12.4 Å². The van der Waals surface area contributed by atoms with Gasteiger partial charge in [-0.1, -0.05) is 35.0 Å². The molecule has 1 N–H and O–H groups in total. The molecule has 1 amide bonds. The predicted molar refractivity (Wildman–Crippen MR) is 95.8 cm³/mol. The molecule has 0 spiro atoms. The third-order valence-electron chi connectivity index (χ3n) is 4.04. The van der Waals surface area contributed by atoms with Crippen LogP contribution >= 0.6 is 0 Å². The van der Waals surface area contributed by atoms with Gasteiger partial charge in [0.15, 0.2) is 17.3 Å². The summed E-state index contributed by atoms with van der Waals surface area (Å²) in [4.78, 5) is 12.6. The second-order valence-corrected chi connectivity index (χ2v) is 6.06. The Kier molecular flexibility index (Phi) is 5.02. The van der Waals surface area contributed by atoms with Gasteiger partial charge in [-0.25, -0.2) is 4.39 Å². The van der Waals surface area contributed by atoms with Crippen LogP contribution in [0, 0.1) is 26.6 Å². The van der Waals surface area contributed by atoms with Gasteiger partial charge in [-0.3, -0.25) is 4.79 Å². The van der Waals surface area contributed by atoms with Gasteiger partial charge in [-0.2, -0.15) is 0 Å². The fraction of sp³-hybridized carbons (Fsp3) is 0.200. The Labute approximate surface area is 150 Å². The maximum absolute atomic E-state index is 13.7. The molecule has 3 rings (SSSR count). The number of nitrogens with zero attached hydrogens (tertiary/aromatic N) is 1. The number of carbonyl (C=O) groups excluding carboxylic acids is 1. The minimum atomic E-state index is -0.470. The lowest BCUT2D eigenvalue weighted by Gasteiger charge is -2.10. The normalized spacial score (nSPS) is 10.6. The number of benzene rings is 2. The summed E-state index contributed by atoms with van der Waals surface area (Å²) in [6, 6.07) is 11.8. The molecule has 1 aromatic heterocycles. The Hall–Kier alpha value is -3.15. The molecule has 0 saturated carbocycles. The molecule has 0 aliphatic rings. The van der Waals surface area contributed by atoms with E-state index in [2.05, 4.69) is 10.5 Å². The first-order valence-corrected chi connectivity index (χ1v) is 8.17. The van der Waals surface area contributed by atoms with Crippen molar-refractivity contribution in [1.29, 1.82) is 0 Å². The van der Waals surface area contributed by atoms with Crippen molar-refractivity contribution in [3.05, 3.63) is 76.4 Å². The van der Waals surface area contributed by atoms with Crippen LogP contribution in [0.15, 0.2) is 47.0 Å². The van der Waals surface area contributed by atoms with Gasteiger partial charge in [0.25, 0.3) is 5.91 Å². The van der Waals surface area contributed by atoms with Gasteiger partial charge in [0.05, 0.1) is 5.56 Å². The van der Waals surface area contributed by atoms with Crippen LogP contribution < -0.4 is 10.1 Å². The second-order valence-electron chi connectivity index (χ2n) is 6.06. The van der Waals surface area contributed by atoms with Crippen LogP contribution in [0.5, 0.6) is 5.75 Å². The molecule has 0 aliphatic heterocycles. The summed E-state index contributed by atoms with van der Waals surface area (Å²) >= 11 is 0. The van der Waals surface area contributed by atoms with E-state index in [0.29, 0.717) is 17.0 Å². The number of ether oxygens (including phenoxy) is 1.